The van der Waals surface area contributed by atoms with Crippen LogP contribution >= 0.6 is 11.6 Å². The van der Waals surface area contributed by atoms with Crippen LogP contribution in [0, 0.1) is 11.3 Å². The predicted octanol–water partition coefficient (Wildman–Crippen LogP) is 2.20. The molecule has 25 heavy (non-hydrogen) atoms. The summed E-state index contributed by atoms with van der Waals surface area (Å²) in [6.45, 7) is 1.74. The standard InChI is InChI=1S/C17H19ClN6O/c18-7-9-6-10-12-11(8-19)16(24-4-2-1-3-5-24)22-14(20)13(12)15(21)23-17(10)25-9/h9H,1-7H2,(H2,20,22)(H2,21,23)/t9-/m0/s1. The van der Waals surface area contributed by atoms with Gasteiger partial charge in [0.1, 0.15) is 35.2 Å². The molecule has 0 radical (unpaired) electrons. The number of alkyl halides is 1. The number of nitriles is 1. The van der Waals surface area contributed by atoms with Crippen LogP contribution in [0.4, 0.5) is 17.5 Å². The lowest BCUT2D eigenvalue weighted by molar-refractivity contribution is 0.250. The van der Waals surface area contributed by atoms with Gasteiger partial charge in [-0.15, -0.1) is 11.6 Å². The van der Waals surface area contributed by atoms with E-state index in [1.807, 2.05) is 0 Å². The van der Waals surface area contributed by atoms with E-state index in [-0.39, 0.29) is 11.9 Å². The molecule has 0 aromatic carbocycles. The van der Waals surface area contributed by atoms with E-state index < -0.39 is 0 Å². The van der Waals surface area contributed by atoms with Crippen molar-refractivity contribution in [3.05, 3.63) is 11.1 Å². The van der Waals surface area contributed by atoms with Gasteiger partial charge in [0.25, 0.3) is 0 Å². The first-order valence-corrected chi connectivity index (χ1v) is 8.96. The van der Waals surface area contributed by atoms with E-state index in [2.05, 4.69) is 20.9 Å². The van der Waals surface area contributed by atoms with E-state index in [0.717, 1.165) is 31.5 Å². The summed E-state index contributed by atoms with van der Waals surface area (Å²) in [5.74, 6) is 1.96. The molecule has 0 aliphatic carbocycles. The lowest BCUT2D eigenvalue weighted by Gasteiger charge is -2.29. The van der Waals surface area contributed by atoms with Crippen LogP contribution in [0.25, 0.3) is 10.8 Å². The average Bonchev–Trinajstić information content (AvgIpc) is 3.05. The molecule has 130 valence electrons. The number of pyridine rings is 2. The molecule has 1 fully saturated rings. The molecule has 2 aromatic heterocycles. The maximum Gasteiger partial charge on any atom is 0.219 e. The second kappa shape index (κ2) is 6.12. The minimum absolute atomic E-state index is 0.173. The summed E-state index contributed by atoms with van der Waals surface area (Å²) in [6, 6.07) is 2.32. The van der Waals surface area contributed by atoms with Crippen molar-refractivity contribution in [2.24, 2.45) is 0 Å². The van der Waals surface area contributed by atoms with Crippen molar-refractivity contribution in [1.82, 2.24) is 9.97 Å². The van der Waals surface area contributed by atoms with E-state index in [9.17, 15) is 5.26 Å². The molecule has 4 heterocycles. The smallest absolute Gasteiger partial charge is 0.219 e. The number of aromatic nitrogens is 2. The molecular formula is C17H19ClN6O. The Bertz CT molecular complexity index is 887. The largest absolute Gasteiger partial charge is 0.472 e. The Kier molecular flexibility index (Phi) is 3.92. The van der Waals surface area contributed by atoms with Crippen molar-refractivity contribution in [3.63, 3.8) is 0 Å². The Labute approximate surface area is 150 Å². The minimum atomic E-state index is -0.173. The molecule has 0 amide bonds. The highest BCUT2D eigenvalue weighted by molar-refractivity contribution is 6.18. The van der Waals surface area contributed by atoms with E-state index in [0.29, 0.717) is 46.2 Å². The van der Waals surface area contributed by atoms with Crippen LogP contribution in [0.5, 0.6) is 5.88 Å². The zero-order chi connectivity index (χ0) is 17.6. The van der Waals surface area contributed by atoms with Crippen molar-refractivity contribution >= 4 is 39.8 Å². The number of nitrogen functional groups attached to an aromatic ring is 2. The number of fused-ring (bicyclic) bond motifs is 3. The predicted molar refractivity (Wildman–Crippen MR) is 98.0 cm³/mol. The SMILES string of the molecule is N#Cc1c(N2CCCCC2)nc(N)c2c(N)nc3c(c12)C[C@@H](CCl)O3. The number of anilines is 3. The molecule has 0 bridgehead atoms. The molecule has 1 atom stereocenters. The van der Waals surface area contributed by atoms with Crippen LogP contribution in [-0.2, 0) is 6.42 Å². The topological polar surface area (TPSA) is 114 Å². The van der Waals surface area contributed by atoms with Gasteiger partial charge in [-0.05, 0) is 19.3 Å². The fourth-order valence-electron chi connectivity index (χ4n) is 3.73. The van der Waals surface area contributed by atoms with Gasteiger partial charge in [-0.1, -0.05) is 0 Å². The van der Waals surface area contributed by atoms with Crippen LogP contribution in [0.1, 0.15) is 30.4 Å². The lowest BCUT2D eigenvalue weighted by Crippen LogP contribution is -2.31. The molecule has 2 aromatic rings. The van der Waals surface area contributed by atoms with E-state index in [1.54, 1.807) is 0 Å². The van der Waals surface area contributed by atoms with Crippen molar-refractivity contribution < 1.29 is 4.74 Å². The molecule has 8 heteroatoms. The third-order valence-corrected chi connectivity index (χ3v) is 5.24. The number of halogens is 1. The van der Waals surface area contributed by atoms with Gasteiger partial charge in [0.05, 0.1) is 11.3 Å². The third-order valence-electron chi connectivity index (χ3n) is 4.89. The maximum atomic E-state index is 9.90. The summed E-state index contributed by atoms with van der Waals surface area (Å²) in [7, 11) is 0. The highest BCUT2D eigenvalue weighted by atomic mass is 35.5. The average molecular weight is 359 g/mol. The first-order valence-electron chi connectivity index (χ1n) is 8.43. The van der Waals surface area contributed by atoms with Gasteiger partial charge < -0.3 is 21.1 Å². The van der Waals surface area contributed by atoms with Gasteiger partial charge >= 0.3 is 0 Å². The number of nitrogens with zero attached hydrogens (tertiary/aromatic N) is 4. The zero-order valence-corrected chi connectivity index (χ0v) is 14.5. The number of rotatable bonds is 2. The lowest BCUT2D eigenvalue weighted by atomic mass is 9.99. The molecule has 0 unspecified atom stereocenters. The molecular weight excluding hydrogens is 340 g/mol. The quantitative estimate of drug-likeness (QED) is 0.791. The van der Waals surface area contributed by atoms with E-state index >= 15 is 0 Å². The molecule has 2 aliphatic heterocycles. The number of nitrogens with two attached hydrogens (primary N) is 2. The van der Waals surface area contributed by atoms with Crippen LogP contribution < -0.4 is 21.1 Å². The molecule has 0 saturated carbocycles. The van der Waals surface area contributed by atoms with Gasteiger partial charge in [0, 0.05) is 30.5 Å². The van der Waals surface area contributed by atoms with Gasteiger partial charge in [-0.3, -0.25) is 0 Å². The fourth-order valence-corrected chi connectivity index (χ4v) is 3.90. The molecule has 4 rings (SSSR count). The normalized spacial score (nSPS) is 19.5. The molecule has 0 spiro atoms. The van der Waals surface area contributed by atoms with E-state index in [1.165, 1.54) is 6.42 Å². The summed E-state index contributed by atoms with van der Waals surface area (Å²) in [4.78, 5) is 11.0. The Morgan fingerprint density at radius 2 is 1.88 bits per heavy atom. The van der Waals surface area contributed by atoms with Gasteiger partial charge in [0.15, 0.2) is 0 Å². The maximum absolute atomic E-state index is 9.90. The molecule has 7 nitrogen and oxygen atoms in total. The van der Waals surface area contributed by atoms with Crippen molar-refractivity contribution in [3.8, 4) is 11.9 Å². The number of piperidine rings is 1. The molecule has 2 aliphatic rings. The van der Waals surface area contributed by atoms with Crippen molar-refractivity contribution in [2.75, 3.05) is 35.3 Å². The Morgan fingerprint density at radius 3 is 2.56 bits per heavy atom. The Morgan fingerprint density at radius 1 is 1.16 bits per heavy atom. The summed E-state index contributed by atoms with van der Waals surface area (Å²) in [5.41, 5.74) is 13.7. The van der Waals surface area contributed by atoms with Crippen molar-refractivity contribution in [1.29, 1.82) is 5.26 Å². The number of ether oxygens (including phenoxy) is 1. The van der Waals surface area contributed by atoms with Crippen LogP contribution in [0.2, 0.25) is 0 Å². The second-order valence-electron chi connectivity index (χ2n) is 6.48. The third kappa shape index (κ3) is 2.48. The first kappa shape index (κ1) is 16.0. The van der Waals surface area contributed by atoms with Crippen LogP contribution in [0.3, 0.4) is 0 Å². The Hall–Kier alpha value is -2.46. The number of hydrogen-bond donors (Lipinski definition) is 2. The van der Waals surface area contributed by atoms with Crippen LogP contribution in [-0.4, -0.2) is 35.0 Å². The first-order chi connectivity index (χ1) is 12.1. The second-order valence-corrected chi connectivity index (χ2v) is 6.79. The summed E-state index contributed by atoms with van der Waals surface area (Å²) in [6.07, 6.45) is 3.77. The molecule has 1 saturated heterocycles. The van der Waals surface area contributed by atoms with Crippen LogP contribution in [0.15, 0.2) is 0 Å². The summed E-state index contributed by atoms with van der Waals surface area (Å²) >= 11 is 5.95. The van der Waals surface area contributed by atoms with Crippen molar-refractivity contribution in [2.45, 2.75) is 31.8 Å². The summed E-state index contributed by atoms with van der Waals surface area (Å²) < 4.78 is 5.76. The number of hydrogen-bond acceptors (Lipinski definition) is 7. The van der Waals surface area contributed by atoms with E-state index in [4.69, 9.17) is 27.8 Å². The zero-order valence-electron chi connectivity index (χ0n) is 13.8. The summed E-state index contributed by atoms with van der Waals surface area (Å²) in [5, 5.41) is 11.1. The Balaban J connectivity index is 2.00. The monoisotopic (exact) mass is 358 g/mol. The van der Waals surface area contributed by atoms with Gasteiger partial charge in [-0.25, -0.2) is 4.98 Å². The highest BCUT2D eigenvalue weighted by Crippen LogP contribution is 2.42. The fraction of sp³-hybridized carbons (Fsp3) is 0.471. The van der Waals surface area contributed by atoms with Gasteiger partial charge in [0.2, 0.25) is 5.88 Å². The van der Waals surface area contributed by atoms with Gasteiger partial charge in [-0.2, -0.15) is 10.2 Å². The minimum Gasteiger partial charge on any atom is -0.472 e. The highest BCUT2D eigenvalue weighted by Gasteiger charge is 2.31. The molecule has 4 N–H and O–H groups in total.